The number of hydrogen-bond donors (Lipinski definition) is 2. The van der Waals surface area contributed by atoms with Crippen molar-refractivity contribution in [1.29, 1.82) is 5.26 Å². The van der Waals surface area contributed by atoms with Gasteiger partial charge >= 0.3 is 0 Å². The fourth-order valence-corrected chi connectivity index (χ4v) is 5.82. The minimum absolute atomic E-state index is 0.000671. The van der Waals surface area contributed by atoms with Crippen molar-refractivity contribution in [2.24, 2.45) is 10.2 Å². The molecule has 4 aromatic rings. The summed E-state index contributed by atoms with van der Waals surface area (Å²) in [5, 5.41) is 30.0. The number of nitriles is 1. The zero-order valence-corrected chi connectivity index (χ0v) is 21.6. The maximum atomic E-state index is 12.3. The lowest BCUT2D eigenvalue weighted by Gasteiger charge is -2.13. The molecule has 15 heteroatoms. The van der Waals surface area contributed by atoms with Gasteiger partial charge in [0.1, 0.15) is 21.7 Å². The lowest BCUT2D eigenvalue weighted by molar-refractivity contribution is 0.466. The molecule has 11 nitrogen and oxygen atoms in total. The molecule has 0 saturated carbocycles. The van der Waals surface area contributed by atoms with Crippen LogP contribution in [0, 0.1) is 11.3 Å². The largest absolute Gasteiger partial charge is 0.506 e. The first-order chi connectivity index (χ1) is 16.4. The molecule has 2 aromatic heterocycles. The summed E-state index contributed by atoms with van der Waals surface area (Å²) in [5.41, 5.74) is 0.803. The highest BCUT2D eigenvalue weighted by atomic mass is 32.2. The molecule has 0 bridgehead atoms. The smallest absolute Gasteiger partial charge is 0.229 e. The van der Waals surface area contributed by atoms with E-state index in [-0.39, 0.29) is 27.0 Å². The molecule has 180 valence electrons. The van der Waals surface area contributed by atoms with Crippen molar-refractivity contribution in [3.8, 4) is 11.8 Å². The molecule has 0 aliphatic carbocycles. The topological polar surface area (TPSA) is 175 Å². The number of pyridine rings is 1. The molecule has 2 N–H and O–H groups in total. The Hall–Kier alpha value is -3.32. The SMILES string of the molecule is CSc1nc2nsc(N=Nc3cc(S(C)(=O)=O)c(O)c4cccc(NS(C)(=O)=O)c34)c2cc1C#N. The quantitative estimate of drug-likeness (QED) is 0.262. The number of benzene rings is 2. The predicted molar refractivity (Wildman–Crippen MR) is 135 cm³/mol. The van der Waals surface area contributed by atoms with Gasteiger partial charge in [0.25, 0.3) is 0 Å². The third-order valence-electron chi connectivity index (χ3n) is 4.75. The number of aromatic hydroxyl groups is 1. The molecule has 0 saturated heterocycles. The monoisotopic (exact) mass is 548 g/mol. The molecule has 0 aliphatic heterocycles. The molecular weight excluding hydrogens is 533 g/mol. The maximum Gasteiger partial charge on any atom is 0.229 e. The van der Waals surface area contributed by atoms with E-state index in [0.29, 0.717) is 26.6 Å². The third kappa shape index (κ3) is 4.91. The number of azo groups is 1. The summed E-state index contributed by atoms with van der Waals surface area (Å²) in [5.74, 6) is -0.533. The van der Waals surface area contributed by atoms with Gasteiger partial charge in [0, 0.05) is 17.0 Å². The minimum atomic E-state index is -3.87. The zero-order valence-electron chi connectivity index (χ0n) is 18.3. The highest BCUT2D eigenvalue weighted by Crippen LogP contribution is 2.43. The Morgan fingerprint density at radius 2 is 1.89 bits per heavy atom. The van der Waals surface area contributed by atoms with E-state index in [2.05, 4.69) is 30.4 Å². The van der Waals surface area contributed by atoms with E-state index in [1.54, 1.807) is 12.3 Å². The van der Waals surface area contributed by atoms with Crippen molar-refractivity contribution in [3.05, 3.63) is 35.9 Å². The molecule has 0 spiro atoms. The van der Waals surface area contributed by atoms with E-state index in [9.17, 15) is 27.2 Å². The normalized spacial score (nSPS) is 12.4. The first kappa shape index (κ1) is 24.8. The number of nitrogens with zero attached hydrogens (tertiary/aromatic N) is 5. The van der Waals surface area contributed by atoms with E-state index in [1.807, 2.05) is 0 Å². The first-order valence-corrected chi connectivity index (χ1v) is 15.3. The van der Waals surface area contributed by atoms with E-state index >= 15 is 0 Å². The Morgan fingerprint density at radius 1 is 1.14 bits per heavy atom. The third-order valence-corrected chi connectivity index (χ3v) is 7.89. The van der Waals surface area contributed by atoms with Crippen LogP contribution in [0.1, 0.15) is 5.56 Å². The predicted octanol–water partition coefficient (Wildman–Crippen LogP) is 4.33. The van der Waals surface area contributed by atoms with Crippen molar-refractivity contribution in [3.63, 3.8) is 0 Å². The molecule has 0 radical (unpaired) electrons. The number of hydrogen-bond acceptors (Lipinski definition) is 12. The number of sulfonamides is 1. The van der Waals surface area contributed by atoms with Crippen LogP contribution in [-0.2, 0) is 19.9 Å². The highest BCUT2D eigenvalue weighted by molar-refractivity contribution is 7.98. The molecule has 0 amide bonds. The number of sulfone groups is 1. The number of phenolic OH excluding ortho intramolecular Hbond substituents is 1. The number of phenols is 1. The molecule has 2 heterocycles. The number of anilines is 1. The second kappa shape index (κ2) is 9.04. The van der Waals surface area contributed by atoms with Gasteiger partial charge in [-0.05, 0) is 36.0 Å². The Kier molecular flexibility index (Phi) is 6.40. The van der Waals surface area contributed by atoms with Crippen molar-refractivity contribution >= 4 is 81.3 Å². The molecule has 35 heavy (non-hydrogen) atoms. The Morgan fingerprint density at radius 3 is 2.51 bits per heavy atom. The van der Waals surface area contributed by atoms with Crippen LogP contribution in [0.2, 0.25) is 0 Å². The van der Waals surface area contributed by atoms with Gasteiger partial charge in [0.2, 0.25) is 10.0 Å². The zero-order chi connectivity index (χ0) is 25.5. The van der Waals surface area contributed by atoms with Crippen molar-refractivity contribution in [2.45, 2.75) is 9.92 Å². The summed E-state index contributed by atoms with van der Waals surface area (Å²) in [6.07, 6.45) is 3.69. The van der Waals surface area contributed by atoms with Crippen LogP contribution in [0.4, 0.5) is 16.4 Å². The van der Waals surface area contributed by atoms with Crippen LogP contribution in [0.3, 0.4) is 0 Å². The molecule has 0 atom stereocenters. The highest BCUT2D eigenvalue weighted by Gasteiger charge is 2.22. The Balaban J connectivity index is 1.98. The van der Waals surface area contributed by atoms with E-state index in [4.69, 9.17) is 0 Å². The number of thioether (sulfide) groups is 1. The van der Waals surface area contributed by atoms with Gasteiger partial charge in [-0.3, -0.25) is 4.72 Å². The van der Waals surface area contributed by atoms with Crippen LogP contribution >= 0.6 is 23.3 Å². The summed E-state index contributed by atoms with van der Waals surface area (Å²) in [7, 11) is -7.58. The number of rotatable bonds is 6. The molecule has 2 aromatic carbocycles. The summed E-state index contributed by atoms with van der Waals surface area (Å²) >= 11 is 2.29. The van der Waals surface area contributed by atoms with Crippen LogP contribution in [0.25, 0.3) is 21.8 Å². The second-order valence-electron chi connectivity index (χ2n) is 7.33. The molecule has 0 aliphatic rings. The summed E-state index contributed by atoms with van der Waals surface area (Å²) in [6.45, 7) is 0. The Labute approximate surface area is 208 Å². The average molecular weight is 549 g/mol. The van der Waals surface area contributed by atoms with Crippen molar-refractivity contribution < 1.29 is 21.9 Å². The number of fused-ring (bicyclic) bond motifs is 2. The Bertz CT molecular complexity index is 1790. The van der Waals surface area contributed by atoms with Crippen molar-refractivity contribution in [1.82, 2.24) is 9.36 Å². The molecular formula is C20H16N6O5S4. The fraction of sp³-hybridized carbons (Fsp3) is 0.150. The van der Waals surface area contributed by atoms with E-state index in [1.165, 1.54) is 30.0 Å². The first-order valence-electron chi connectivity index (χ1n) is 9.55. The minimum Gasteiger partial charge on any atom is -0.506 e. The number of aromatic nitrogens is 2. The second-order valence-corrected chi connectivity index (χ2v) is 12.6. The van der Waals surface area contributed by atoms with Gasteiger partial charge in [0.05, 0.1) is 28.6 Å². The van der Waals surface area contributed by atoms with Gasteiger partial charge in [-0.25, -0.2) is 21.8 Å². The van der Waals surface area contributed by atoms with E-state index < -0.39 is 25.6 Å². The van der Waals surface area contributed by atoms with Gasteiger partial charge in [-0.2, -0.15) is 9.64 Å². The average Bonchev–Trinajstić information content (AvgIpc) is 3.17. The van der Waals surface area contributed by atoms with Crippen LogP contribution in [0.5, 0.6) is 5.75 Å². The van der Waals surface area contributed by atoms with Gasteiger partial charge < -0.3 is 5.11 Å². The summed E-state index contributed by atoms with van der Waals surface area (Å²) < 4.78 is 55.0. The lowest BCUT2D eigenvalue weighted by Crippen LogP contribution is -2.10. The summed E-state index contributed by atoms with van der Waals surface area (Å²) in [4.78, 5) is 3.97. The van der Waals surface area contributed by atoms with Crippen LogP contribution in [-0.4, -0.2) is 50.1 Å². The number of nitrogens with one attached hydrogen (secondary N) is 1. The molecule has 0 fully saturated rings. The summed E-state index contributed by atoms with van der Waals surface area (Å²) in [6, 6.07) is 9.17. The van der Waals surface area contributed by atoms with Gasteiger partial charge in [0.15, 0.2) is 20.5 Å². The lowest BCUT2D eigenvalue weighted by atomic mass is 10.1. The van der Waals surface area contributed by atoms with Gasteiger partial charge in [-0.15, -0.1) is 22.0 Å². The standard InChI is InChI=1S/C20H16N6O5S4/c1-32-19-10(9-21)7-12-18(22-19)25-33-20(12)24-23-14-8-15(34(2,28)29)17(27)11-5-4-6-13(16(11)14)26-35(3,30)31/h4-8,26-27H,1-3H3. The van der Waals surface area contributed by atoms with Crippen LogP contribution in [0.15, 0.2) is 50.5 Å². The van der Waals surface area contributed by atoms with E-state index in [0.717, 1.165) is 30.1 Å². The fourth-order valence-electron chi connectivity index (χ4n) is 3.33. The van der Waals surface area contributed by atoms with Gasteiger partial charge in [-0.1, -0.05) is 12.1 Å². The molecule has 4 rings (SSSR count). The maximum absolute atomic E-state index is 12.3. The van der Waals surface area contributed by atoms with Crippen molar-refractivity contribution in [2.75, 3.05) is 23.5 Å². The molecule has 0 unspecified atom stereocenters. The van der Waals surface area contributed by atoms with Crippen LogP contribution < -0.4 is 4.72 Å².